The molecule has 0 aliphatic carbocycles. The minimum Gasteiger partial charge on any atom is -0.508 e. The summed E-state index contributed by atoms with van der Waals surface area (Å²) in [6.07, 6.45) is 0.997. The fourth-order valence-electron chi connectivity index (χ4n) is 4.37. The molecule has 7 nitrogen and oxygen atoms in total. The van der Waals surface area contributed by atoms with Crippen molar-refractivity contribution in [2.75, 3.05) is 11.6 Å². The lowest BCUT2D eigenvalue weighted by Crippen LogP contribution is -2.38. The first kappa shape index (κ1) is 25.1. The molecule has 0 radical (unpaired) electrons. The second-order valence-corrected chi connectivity index (χ2v) is 10.9. The van der Waals surface area contributed by atoms with E-state index in [1.54, 1.807) is 41.4 Å². The summed E-state index contributed by atoms with van der Waals surface area (Å²) in [7, 11) is 0. The molecule has 1 unspecified atom stereocenters. The number of phenols is 2. The van der Waals surface area contributed by atoms with Crippen molar-refractivity contribution in [3.8, 4) is 22.6 Å². The van der Waals surface area contributed by atoms with E-state index in [-0.39, 0.29) is 22.1 Å². The van der Waals surface area contributed by atoms with E-state index in [4.69, 9.17) is 10.8 Å². The first-order valence-electron chi connectivity index (χ1n) is 11.5. The van der Waals surface area contributed by atoms with Gasteiger partial charge in [0.1, 0.15) is 38.1 Å². The van der Waals surface area contributed by atoms with Crippen LogP contribution in [0, 0.1) is 18.6 Å². The van der Waals surface area contributed by atoms with Crippen LogP contribution in [-0.2, 0) is 4.87 Å². The Morgan fingerprint density at radius 1 is 1.03 bits per heavy atom. The zero-order valence-corrected chi connectivity index (χ0v) is 21.4. The standard InChI is InChI=1S/C26H23F2N5O2S2/c1-15-30-31-25(36-15)33-26(11-4-12-29,37-24(32-33)19-14-17(27)9-10-21(19)28)20-7-3-8-22(35)23(20)16-5-2-6-18(34)13-16/h2-3,5-10,13-14,34-35H,4,11-12,29H2,1H3. The predicted octanol–water partition coefficient (Wildman–Crippen LogP) is 5.71. The van der Waals surface area contributed by atoms with E-state index in [1.165, 1.54) is 23.1 Å². The Morgan fingerprint density at radius 3 is 2.57 bits per heavy atom. The molecule has 0 amide bonds. The van der Waals surface area contributed by atoms with Gasteiger partial charge in [0.05, 0.1) is 0 Å². The Bertz CT molecular complexity index is 1500. The summed E-state index contributed by atoms with van der Waals surface area (Å²) >= 11 is 2.55. The van der Waals surface area contributed by atoms with Crippen LogP contribution in [0.3, 0.4) is 0 Å². The lowest BCUT2D eigenvalue weighted by Gasteiger charge is -2.37. The number of nitrogens with two attached hydrogens (primary N) is 1. The van der Waals surface area contributed by atoms with Crippen LogP contribution in [0.15, 0.2) is 65.8 Å². The van der Waals surface area contributed by atoms with Crippen molar-refractivity contribution in [2.24, 2.45) is 10.8 Å². The van der Waals surface area contributed by atoms with Gasteiger partial charge in [-0.1, -0.05) is 47.4 Å². The van der Waals surface area contributed by atoms with Crippen molar-refractivity contribution in [1.82, 2.24) is 10.2 Å². The normalized spacial score (nSPS) is 17.3. The Morgan fingerprint density at radius 2 is 1.84 bits per heavy atom. The number of hydrazone groups is 1. The second kappa shape index (κ2) is 10.1. The van der Waals surface area contributed by atoms with Crippen LogP contribution >= 0.6 is 23.1 Å². The summed E-state index contributed by atoms with van der Waals surface area (Å²) < 4.78 is 29.1. The Kier molecular flexibility index (Phi) is 6.84. The molecule has 1 atom stereocenters. The van der Waals surface area contributed by atoms with Crippen LogP contribution in [0.25, 0.3) is 11.1 Å². The van der Waals surface area contributed by atoms with Gasteiger partial charge < -0.3 is 15.9 Å². The fraction of sp³-hybridized carbons (Fsp3) is 0.192. The molecule has 0 spiro atoms. The number of aromatic nitrogens is 2. The van der Waals surface area contributed by atoms with Crippen LogP contribution < -0.4 is 10.7 Å². The van der Waals surface area contributed by atoms with Gasteiger partial charge in [0.15, 0.2) is 0 Å². The summed E-state index contributed by atoms with van der Waals surface area (Å²) in [5, 5.41) is 37.5. The molecule has 1 aliphatic heterocycles. The maximum atomic E-state index is 14.9. The van der Waals surface area contributed by atoms with E-state index < -0.39 is 16.5 Å². The molecular weight excluding hydrogens is 516 g/mol. The zero-order chi connectivity index (χ0) is 26.2. The highest BCUT2D eigenvalue weighted by Gasteiger charge is 2.49. The minimum atomic E-state index is -1.04. The van der Waals surface area contributed by atoms with Crippen LogP contribution in [0.4, 0.5) is 13.9 Å². The molecule has 1 aliphatic rings. The van der Waals surface area contributed by atoms with Crippen LogP contribution in [0.1, 0.15) is 29.0 Å². The van der Waals surface area contributed by atoms with Gasteiger partial charge in [0, 0.05) is 16.7 Å². The maximum Gasteiger partial charge on any atom is 0.230 e. The second-order valence-electron chi connectivity index (χ2n) is 8.47. The number of rotatable bonds is 7. The lowest BCUT2D eigenvalue weighted by molar-refractivity contribution is 0.470. The van der Waals surface area contributed by atoms with Gasteiger partial charge in [0.25, 0.3) is 0 Å². The largest absolute Gasteiger partial charge is 0.508 e. The molecule has 1 aromatic heterocycles. The van der Waals surface area contributed by atoms with Crippen molar-refractivity contribution in [1.29, 1.82) is 0 Å². The van der Waals surface area contributed by atoms with Crippen LogP contribution in [-0.4, -0.2) is 32.0 Å². The van der Waals surface area contributed by atoms with Crippen molar-refractivity contribution >= 4 is 33.3 Å². The van der Waals surface area contributed by atoms with E-state index in [9.17, 15) is 19.0 Å². The smallest absolute Gasteiger partial charge is 0.230 e. The summed E-state index contributed by atoms with van der Waals surface area (Å²) in [5.41, 5.74) is 7.67. The topological polar surface area (TPSA) is 108 Å². The van der Waals surface area contributed by atoms with Crippen molar-refractivity contribution in [3.05, 3.63) is 88.4 Å². The molecule has 4 aromatic rings. The van der Waals surface area contributed by atoms with Crippen LogP contribution in [0.5, 0.6) is 11.5 Å². The average Bonchev–Trinajstić information content (AvgIpc) is 3.48. The molecule has 4 N–H and O–H groups in total. The summed E-state index contributed by atoms with van der Waals surface area (Å²) in [6, 6.07) is 14.9. The number of anilines is 1. The quantitative estimate of drug-likeness (QED) is 0.276. The van der Waals surface area contributed by atoms with Crippen molar-refractivity contribution in [2.45, 2.75) is 24.6 Å². The fourth-order valence-corrected chi connectivity index (χ4v) is 6.58. The third-order valence-electron chi connectivity index (χ3n) is 5.97. The van der Waals surface area contributed by atoms with Gasteiger partial charge in [-0.2, -0.15) is 5.10 Å². The van der Waals surface area contributed by atoms with Crippen molar-refractivity contribution < 1.29 is 19.0 Å². The molecule has 0 saturated heterocycles. The van der Waals surface area contributed by atoms with E-state index in [0.29, 0.717) is 46.2 Å². The molecule has 3 aromatic carbocycles. The third-order valence-corrected chi connectivity index (χ3v) is 8.22. The van der Waals surface area contributed by atoms with Crippen LogP contribution in [0.2, 0.25) is 0 Å². The SMILES string of the molecule is Cc1nnc(N2N=C(c3cc(F)ccc3F)SC2(CCCN)c2cccc(O)c2-c2cccc(O)c2)s1. The minimum absolute atomic E-state index is 0.00500. The molecule has 37 heavy (non-hydrogen) atoms. The number of nitrogens with zero attached hydrogens (tertiary/aromatic N) is 4. The molecule has 0 saturated carbocycles. The van der Waals surface area contributed by atoms with E-state index in [1.807, 2.05) is 13.0 Å². The lowest BCUT2D eigenvalue weighted by atomic mass is 9.90. The number of hydrogen-bond acceptors (Lipinski definition) is 9. The molecule has 2 heterocycles. The van der Waals surface area contributed by atoms with Crippen molar-refractivity contribution in [3.63, 3.8) is 0 Å². The van der Waals surface area contributed by atoms with Gasteiger partial charge in [-0.3, -0.25) is 0 Å². The average molecular weight is 540 g/mol. The van der Waals surface area contributed by atoms with Gasteiger partial charge in [-0.05, 0) is 68.3 Å². The van der Waals surface area contributed by atoms with E-state index >= 15 is 0 Å². The molecular formula is C26H23F2N5O2S2. The number of aryl methyl sites for hydroxylation is 1. The maximum absolute atomic E-state index is 14.9. The molecule has 11 heteroatoms. The van der Waals surface area contributed by atoms with Gasteiger partial charge in [-0.25, -0.2) is 13.8 Å². The summed E-state index contributed by atoms with van der Waals surface area (Å²) in [4.78, 5) is -1.04. The van der Waals surface area contributed by atoms with Gasteiger partial charge >= 0.3 is 0 Å². The zero-order valence-electron chi connectivity index (χ0n) is 19.7. The molecule has 5 rings (SSSR count). The first-order valence-corrected chi connectivity index (χ1v) is 13.1. The predicted molar refractivity (Wildman–Crippen MR) is 143 cm³/mol. The third kappa shape index (κ3) is 4.65. The summed E-state index contributed by atoms with van der Waals surface area (Å²) in [5.74, 6) is -1.16. The Hall–Kier alpha value is -3.54. The summed E-state index contributed by atoms with van der Waals surface area (Å²) in [6.45, 7) is 2.19. The highest BCUT2D eigenvalue weighted by atomic mass is 32.2. The molecule has 190 valence electrons. The highest BCUT2D eigenvalue weighted by Crippen LogP contribution is 2.56. The molecule has 0 fully saturated rings. The molecule has 0 bridgehead atoms. The van der Waals surface area contributed by atoms with E-state index in [2.05, 4.69) is 10.2 Å². The monoisotopic (exact) mass is 539 g/mol. The number of benzene rings is 3. The Balaban J connectivity index is 1.77. The number of thioether (sulfide) groups is 1. The Labute approximate surface area is 220 Å². The van der Waals surface area contributed by atoms with Gasteiger partial charge in [-0.15, -0.1) is 10.2 Å². The van der Waals surface area contributed by atoms with Gasteiger partial charge in [0.2, 0.25) is 5.13 Å². The van der Waals surface area contributed by atoms with E-state index in [0.717, 1.165) is 18.2 Å². The first-order chi connectivity index (χ1) is 17.8. The number of phenolic OH excluding ortho intramolecular Hbond substituents is 2. The highest BCUT2D eigenvalue weighted by molar-refractivity contribution is 8.15. The number of aromatic hydroxyl groups is 2. The number of hydrogen-bond donors (Lipinski definition) is 3. The number of halogens is 2.